The molecule has 0 fully saturated rings. The van der Waals surface area contributed by atoms with Crippen molar-refractivity contribution in [2.24, 2.45) is 0 Å². The van der Waals surface area contributed by atoms with Gasteiger partial charge >= 0.3 is 0 Å². The van der Waals surface area contributed by atoms with Gasteiger partial charge in [0.1, 0.15) is 5.75 Å². The van der Waals surface area contributed by atoms with Crippen LogP contribution in [0.3, 0.4) is 0 Å². The van der Waals surface area contributed by atoms with E-state index in [-0.39, 0.29) is 18.6 Å². The van der Waals surface area contributed by atoms with E-state index < -0.39 is 0 Å². The summed E-state index contributed by atoms with van der Waals surface area (Å²) in [6, 6.07) is 7.40. The Morgan fingerprint density at radius 1 is 1.50 bits per heavy atom. The molecule has 1 aromatic rings. The fraction of sp³-hybridized carbons (Fsp3) is 0.462. The molecule has 18 heavy (non-hydrogen) atoms. The molecular weight excluding hydrogens is 298 g/mol. The van der Waals surface area contributed by atoms with Crippen LogP contribution in [0.1, 0.15) is 19.8 Å². The highest BCUT2D eigenvalue weighted by molar-refractivity contribution is 9.10. The quantitative estimate of drug-likeness (QED) is 0.758. The number of rotatable bonds is 7. The Morgan fingerprint density at radius 2 is 2.22 bits per heavy atom. The number of para-hydroxylation sites is 1. The lowest BCUT2D eigenvalue weighted by Gasteiger charge is -2.11. The molecule has 0 saturated heterocycles. The minimum atomic E-state index is -0.193. The molecule has 0 saturated carbocycles. The largest absolute Gasteiger partial charge is 0.492 e. The van der Waals surface area contributed by atoms with Crippen molar-refractivity contribution in [3.8, 4) is 5.75 Å². The molecule has 4 nitrogen and oxygen atoms in total. The first-order valence-electron chi connectivity index (χ1n) is 5.91. The number of hydrogen-bond donors (Lipinski definition) is 2. The van der Waals surface area contributed by atoms with Crippen LogP contribution in [0.2, 0.25) is 0 Å². The molecule has 0 aromatic heterocycles. The van der Waals surface area contributed by atoms with Crippen molar-refractivity contribution in [3.05, 3.63) is 28.7 Å². The first-order valence-corrected chi connectivity index (χ1v) is 6.70. The smallest absolute Gasteiger partial charge is 0.220 e. The number of aliphatic hydroxyl groups is 1. The van der Waals surface area contributed by atoms with Crippen LogP contribution in [0.5, 0.6) is 5.75 Å². The van der Waals surface area contributed by atoms with Gasteiger partial charge in [0.15, 0.2) is 0 Å². The molecule has 0 aliphatic heterocycles. The standard InChI is InChI=1S/C13H18BrNO3/c1-10(9-16)15-13(17)7-4-8-18-12-6-3-2-5-11(12)14/h2-3,5-6,10,16H,4,7-9H2,1H3,(H,15,17). The van der Waals surface area contributed by atoms with Gasteiger partial charge < -0.3 is 15.2 Å². The van der Waals surface area contributed by atoms with Gasteiger partial charge in [-0.1, -0.05) is 12.1 Å². The summed E-state index contributed by atoms with van der Waals surface area (Å²) in [4.78, 5) is 11.4. The van der Waals surface area contributed by atoms with Gasteiger partial charge in [0.25, 0.3) is 0 Å². The Hall–Kier alpha value is -1.07. The average molecular weight is 316 g/mol. The second-order valence-corrected chi connectivity index (χ2v) is 4.89. The van der Waals surface area contributed by atoms with Crippen molar-refractivity contribution in [1.82, 2.24) is 5.32 Å². The third-order valence-electron chi connectivity index (χ3n) is 2.32. The monoisotopic (exact) mass is 315 g/mol. The van der Waals surface area contributed by atoms with Gasteiger partial charge in [0.05, 0.1) is 17.7 Å². The zero-order chi connectivity index (χ0) is 13.4. The highest BCUT2D eigenvalue weighted by atomic mass is 79.9. The number of nitrogens with one attached hydrogen (secondary N) is 1. The normalized spacial score (nSPS) is 11.9. The molecular formula is C13H18BrNO3. The number of amides is 1. The highest BCUT2D eigenvalue weighted by Crippen LogP contribution is 2.23. The van der Waals surface area contributed by atoms with Crippen molar-refractivity contribution in [1.29, 1.82) is 0 Å². The molecule has 100 valence electrons. The number of carbonyl (C=O) groups is 1. The zero-order valence-electron chi connectivity index (χ0n) is 10.4. The number of benzene rings is 1. The SMILES string of the molecule is CC(CO)NC(=O)CCCOc1ccccc1Br. The fourth-order valence-corrected chi connectivity index (χ4v) is 1.77. The zero-order valence-corrected chi connectivity index (χ0v) is 11.9. The maximum atomic E-state index is 11.4. The summed E-state index contributed by atoms with van der Waals surface area (Å²) >= 11 is 3.39. The predicted octanol–water partition coefficient (Wildman–Crippen LogP) is 2.11. The van der Waals surface area contributed by atoms with Crippen molar-refractivity contribution >= 4 is 21.8 Å². The third-order valence-corrected chi connectivity index (χ3v) is 2.98. The number of hydrogen-bond acceptors (Lipinski definition) is 3. The Balaban J connectivity index is 2.19. The van der Waals surface area contributed by atoms with Crippen LogP contribution in [0.15, 0.2) is 28.7 Å². The molecule has 1 amide bonds. The van der Waals surface area contributed by atoms with Crippen LogP contribution in [0, 0.1) is 0 Å². The maximum absolute atomic E-state index is 11.4. The van der Waals surface area contributed by atoms with E-state index in [9.17, 15) is 4.79 Å². The van der Waals surface area contributed by atoms with Crippen LogP contribution < -0.4 is 10.1 Å². The second-order valence-electron chi connectivity index (χ2n) is 4.03. The van der Waals surface area contributed by atoms with E-state index >= 15 is 0 Å². The molecule has 1 unspecified atom stereocenters. The number of ether oxygens (including phenoxy) is 1. The number of halogens is 1. The van der Waals surface area contributed by atoms with E-state index in [1.54, 1.807) is 6.92 Å². The molecule has 1 rings (SSSR count). The van der Waals surface area contributed by atoms with Gasteiger partial charge in [-0.3, -0.25) is 4.79 Å². The van der Waals surface area contributed by atoms with E-state index in [2.05, 4.69) is 21.2 Å². The van der Waals surface area contributed by atoms with Gasteiger partial charge in [-0.25, -0.2) is 0 Å². The van der Waals surface area contributed by atoms with Gasteiger partial charge in [0.2, 0.25) is 5.91 Å². The topological polar surface area (TPSA) is 58.6 Å². The Kier molecular flexibility index (Phi) is 6.75. The Morgan fingerprint density at radius 3 is 2.89 bits per heavy atom. The molecule has 2 N–H and O–H groups in total. The van der Waals surface area contributed by atoms with Crippen LogP contribution in [-0.2, 0) is 4.79 Å². The van der Waals surface area contributed by atoms with Crippen LogP contribution in [-0.4, -0.2) is 30.3 Å². The highest BCUT2D eigenvalue weighted by Gasteiger charge is 2.06. The summed E-state index contributed by atoms with van der Waals surface area (Å²) in [6.45, 7) is 2.21. The van der Waals surface area contributed by atoms with Crippen LogP contribution in [0.4, 0.5) is 0 Å². The summed E-state index contributed by atoms with van der Waals surface area (Å²) < 4.78 is 6.45. The van der Waals surface area contributed by atoms with Gasteiger partial charge in [-0.05, 0) is 41.4 Å². The van der Waals surface area contributed by atoms with Gasteiger partial charge in [-0.2, -0.15) is 0 Å². The van der Waals surface area contributed by atoms with E-state index in [1.807, 2.05) is 24.3 Å². The molecule has 0 aliphatic rings. The molecule has 0 bridgehead atoms. The minimum Gasteiger partial charge on any atom is -0.492 e. The predicted molar refractivity (Wildman–Crippen MR) is 73.6 cm³/mol. The molecule has 0 radical (unpaired) electrons. The average Bonchev–Trinajstić information content (AvgIpc) is 2.36. The molecule has 1 aromatic carbocycles. The van der Waals surface area contributed by atoms with E-state index in [4.69, 9.17) is 9.84 Å². The van der Waals surface area contributed by atoms with E-state index in [1.165, 1.54) is 0 Å². The first-order chi connectivity index (χ1) is 8.63. The summed E-state index contributed by atoms with van der Waals surface area (Å²) in [5, 5.41) is 11.5. The summed E-state index contributed by atoms with van der Waals surface area (Å²) in [6.07, 6.45) is 1.04. The molecule has 5 heteroatoms. The lowest BCUT2D eigenvalue weighted by atomic mass is 10.2. The van der Waals surface area contributed by atoms with Crippen molar-refractivity contribution in [2.45, 2.75) is 25.8 Å². The summed E-state index contributed by atoms with van der Waals surface area (Å²) in [5.74, 6) is 0.717. The molecule has 0 aliphatic carbocycles. The number of carbonyl (C=O) groups excluding carboxylic acids is 1. The van der Waals surface area contributed by atoms with Crippen LogP contribution in [0.25, 0.3) is 0 Å². The van der Waals surface area contributed by atoms with Crippen molar-refractivity contribution in [3.63, 3.8) is 0 Å². The lowest BCUT2D eigenvalue weighted by Crippen LogP contribution is -2.34. The first kappa shape index (κ1) is 15.0. The molecule has 0 heterocycles. The van der Waals surface area contributed by atoms with E-state index in [0.29, 0.717) is 19.4 Å². The third kappa shape index (κ3) is 5.51. The molecule has 1 atom stereocenters. The lowest BCUT2D eigenvalue weighted by molar-refractivity contribution is -0.122. The molecule has 0 spiro atoms. The van der Waals surface area contributed by atoms with Crippen molar-refractivity contribution in [2.75, 3.05) is 13.2 Å². The maximum Gasteiger partial charge on any atom is 0.220 e. The number of aliphatic hydroxyl groups excluding tert-OH is 1. The summed E-state index contributed by atoms with van der Waals surface area (Å²) in [7, 11) is 0. The summed E-state index contributed by atoms with van der Waals surface area (Å²) in [5.41, 5.74) is 0. The minimum absolute atomic E-state index is 0.0425. The fourth-order valence-electron chi connectivity index (χ4n) is 1.37. The van der Waals surface area contributed by atoms with Gasteiger partial charge in [0, 0.05) is 12.5 Å². The van der Waals surface area contributed by atoms with Gasteiger partial charge in [-0.15, -0.1) is 0 Å². The van der Waals surface area contributed by atoms with Crippen LogP contribution >= 0.6 is 15.9 Å². The Labute approximate surface area is 115 Å². The Bertz CT molecular complexity index is 384. The van der Waals surface area contributed by atoms with Crippen molar-refractivity contribution < 1.29 is 14.6 Å². The second kappa shape index (κ2) is 8.11. The van der Waals surface area contributed by atoms with E-state index in [0.717, 1.165) is 10.2 Å².